The monoisotopic (exact) mass is 388 g/mol. The number of nitro benzene ring substituents is 1. The van der Waals surface area contributed by atoms with E-state index in [2.05, 4.69) is 15.5 Å². The van der Waals surface area contributed by atoms with E-state index in [1.54, 1.807) is 0 Å². The molecular weight excluding hydrogens is 376 g/mol. The van der Waals surface area contributed by atoms with Crippen molar-refractivity contribution in [3.05, 3.63) is 64.2 Å². The number of carbonyl (C=O) groups is 1. The van der Waals surface area contributed by atoms with Crippen molar-refractivity contribution in [1.82, 2.24) is 10.2 Å². The van der Waals surface area contributed by atoms with Gasteiger partial charge in [0.05, 0.1) is 9.82 Å². The number of amides is 1. The highest BCUT2D eigenvalue weighted by molar-refractivity contribution is 7.90. The standard InChI is InChI=1S/C16H12N4O6S/c1-27(24,25)13-7-5-10(6-8-13)15-18-19-16(26-15)17-14(21)11-3-2-4-12(9-11)20(22)23/h2-9H,1H3,(H,17,19,21). The van der Waals surface area contributed by atoms with E-state index < -0.39 is 20.7 Å². The van der Waals surface area contributed by atoms with Crippen molar-refractivity contribution in [1.29, 1.82) is 0 Å². The van der Waals surface area contributed by atoms with Crippen molar-refractivity contribution in [3.8, 4) is 11.5 Å². The van der Waals surface area contributed by atoms with E-state index in [1.165, 1.54) is 42.5 Å². The van der Waals surface area contributed by atoms with Gasteiger partial charge >= 0.3 is 6.01 Å². The van der Waals surface area contributed by atoms with Gasteiger partial charge in [-0.1, -0.05) is 11.2 Å². The molecule has 1 aromatic heterocycles. The zero-order chi connectivity index (χ0) is 19.6. The van der Waals surface area contributed by atoms with Gasteiger partial charge in [0.2, 0.25) is 5.89 Å². The number of aromatic nitrogens is 2. The van der Waals surface area contributed by atoms with Gasteiger partial charge < -0.3 is 4.42 Å². The number of hydrogen-bond donors (Lipinski definition) is 1. The van der Waals surface area contributed by atoms with Crippen LogP contribution in [-0.2, 0) is 9.84 Å². The minimum absolute atomic E-state index is 0.0569. The van der Waals surface area contributed by atoms with E-state index in [4.69, 9.17) is 4.42 Å². The third-order valence-electron chi connectivity index (χ3n) is 3.49. The Morgan fingerprint density at radius 3 is 2.48 bits per heavy atom. The van der Waals surface area contributed by atoms with E-state index in [0.717, 1.165) is 12.3 Å². The number of nitrogens with zero attached hydrogens (tertiary/aromatic N) is 3. The molecule has 0 aliphatic rings. The zero-order valence-corrected chi connectivity index (χ0v) is 14.6. The van der Waals surface area contributed by atoms with Crippen LogP contribution in [0.25, 0.3) is 11.5 Å². The fraction of sp³-hybridized carbons (Fsp3) is 0.0625. The predicted octanol–water partition coefficient (Wildman–Crippen LogP) is 2.30. The van der Waals surface area contributed by atoms with Crippen LogP contribution in [0.3, 0.4) is 0 Å². The summed E-state index contributed by atoms with van der Waals surface area (Å²) in [5.41, 5.74) is 0.298. The number of anilines is 1. The second kappa shape index (κ2) is 6.96. The van der Waals surface area contributed by atoms with E-state index in [1.807, 2.05) is 0 Å². The highest BCUT2D eigenvalue weighted by Crippen LogP contribution is 2.22. The Balaban J connectivity index is 1.77. The minimum Gasteiger partial charge on any atom is -0.403 e. The lowest BCUT2D eigenvalue weighted by atomic mass is 10.2. The largest absolute Gasteiger partial charge is 0.403 e. The Morgan fingerprint density at radius 1 is 1.15 bits per heavy atom. The van der Waals surface area contributed by atoms with Gasteiger partial charge in [-0.25, -0.2) is 8.42 Å². The maximum atomic E-state index is 12.2. The van der Waals surface area contributed by atoms with E-state index in [-0.39, 0.29) is 28.1 Å². The van der Waals surface area contributed by atoms with Crippen molar-refractivity contribution < 1.29 is 22.6 Å². The third kappa shape index (κ3) is 4.15. The number of rotatable bonds is 5. The molecule has 0 bridgehead atoms. The smallest absolute Gasteiger partial charge is 0.322 e. The lowest BCUT2D eigenvalue weighted by molar-refractivity contribution is -0.384. The number of hydrogen-bond acceptors (Lipinski definition) is 8. The van der Waals surface area contributed by atoms with Crippen LogP contribution in [0.1, 0.15) is 10.4 Å². The first-order valence-electron chi connectivity index (χ1n) is 7.44. The van der Waals surface area contributed by atoms with Crippen molar-refractivity contribution >= 4 is 27.4 Å². The number of non-ortho nitro benzene ring substituents is 1. The topological polar surface area (TPSA) is 145 Å². The summed E-state index contributed by atoms with van der Waals surface area (Å²) in [6.45, 7) is 0. The molecule has 0 aliphatic heterocycles. The van der Waals surface area contributed by atoms with Crippen molar-refractivity contribution in [2.75, 3.05) is 11.6 Å². The molecular formula is C16H12N4O6S. The maximum Gasteiger partial charge on any atom is 0.322 e. The summed E-state index contributed by atoms with van der Waals surface area (Å²) in [6.07, 6.45) is 1.09. The van der Waals surface area contributed by atoms with E-state index in [0.29, 0.717) is 5.56 Å². The second-order valence-electron chi connectivity index (χ2n) is 5.47. The molecule has 11 heteroatoms. The number of nitrogens with one attached hydrogen (secondary N) is 1. The number of sulfone groups is 1. The average molecular weight is 388 g/mol. The Morgan fingerprint density at radius 2 is 1.85 bits per heavy atom. The van der Waals surface area contributed by atoms with Gasteiger partial charge in [-0.3, -0.25) is 20.2 Å². The molecule has 0 radical (unpaired) electrons. The first-order valence-corrected chi connectivity index (χ1v) is 9.33. The SMILES string of the molecule is CS(=O)(=O)c1ccc(-c2nnc(NC(=O)c3cccc([N+](=O)[O-])c3)o2)cc1. The Hall–Kier alpha value is -3.60. The molecule has 27 heavy (non-hydrogen) atoms. The molecule has 1 N–H and O–H groups in total. The quantitative estimate of drug-likeness (QED) is 0.517. The van der Waals surface area contributed by atoms with E-state index in [9.17, 15) is 23.3 Å². The molecule has 0 atom stereocenters. The lowest BCUT2D eigenvalue weighted by Gasteiger charge is -2.01. The summed E-state index contributed by atoms with van der Waals surface area (Å²) in [6, 6.07) is 10.8. The van der Waals surface area contributed by atoms with Crippen LogP contribution in [0.5, 0.6) is 0 Å². The van der Waals surface area contributed by atoms with E-state index >= 15 is 0 Å². The third-order valence-corrected chi connectivity index (χ3v) is 4.62. The van der Waals surface area contributed by atoms with Gasteiger partial charge in [0.25, 0.3) is 11.6 Å². The molecule has 3 aromatic rings. The van der Waals surface area contributed by atoms with Gasteiger partial charge in [-0.05, 0) is 30.3 Å². The molecule has 0 saturated carbocycles. The van der Waals surface area contributed by atoms with Crippen LogP contribution in [0, 0.1) is 10.1 Å². The van der Waals surface area contributed by atoms with Crippen molar-refractivity contribution in [2.45, 2.75) is 4.90 Å². The first kappa shape index (κ1) is 18.2. The predicted molar refractivity (Wildman–Crippen MR) is 93.9 cm³/mol. The maximum absolute atomic E-state index is 12.2. The number of nitro groups is 1. The van der Waals surface area contributed by atoms with Crippen LogP contribution < -0.4 is 5.32 Å². The van der Waals surface area contributed by atoms with Gasteiger partial charge in [-0.2, -0.15) is 0 Å². The summed E-state index contributed by atoms with van der Waals surface area (Å²) >= 11 is 0. The van der Waals surface area contributed by atoms with Gasteiger partial charge in [0.1, 0.15) is 0 Å². The Bertz CT molecular complexity index is 1120. The number of benzene rings is 2. The minimum atomic E-state index is -3.32. The molecule has 2 aromatic carbocycles. The Kier molecular flexibility index (Phi) is 4.69. The summed E-state index contributed by atoms with van der Waals surface area (Å²) in [7, 11) is -3.32. The summed E-state index contributed by atoms with van der Waals surface area (Å²) < 4.78 is 28.3. The first-order chi connectivity index (χ1) is 12.7. The fourth-order valence-electron chi connectivity index (χ4n) is 2.17. The van der Waals surface area contributed by atoms with Crippen LogP contribution in [0.4, 0.5) is 11.7 Å². The number of carbonyl (C=O) groups excluding carboxylic acids is 1. The van der Waals surface area contributed by atoms with Crippen molar-refractivity contribution in [2.24, 2.45) is 0 Å². The fourth-order valence-corrected chi connectivity index (χ4v) is 2.80. The summed E-state index contributed by atoms with van der Waals surface area (Å²) in [5, 5.41) is 20.6. The molecule has 0 unspecified atom stereocenters. The molecule has 138 valence electrons. The highest BCUT2D eigenvalue weighted by Gasteiger charge is 2.16. The van der Waals surface area contributed by atoms with Gasteiger partial charge in [0, 0.05) is 29.5 Å². The molecule has 0 spiro atoms. The average Bonchev–Trinajstić information content (AvgIpc) is 3.09. The van der Waals surface area contributed by atoms with Gasteiger partial charge in [-0.15, -0.1) is 5.10 Å². The molecule has 1 heterocycles. The molecule has 3 rings (SSSR count). The summed E-state index contributed by atoms with van der Waals surface area (Å²) in [4.78, 5) is 22.5. The molecule has 10 nitrogen and oxygen atoms in total. The lowest BCUT2D eigenvalue weighted by Crippen LogP contribution is -2.12. The van der Waals surface area contributed by atoms with Crippen LogP contribution in [-0.4, -0.2) is 35.7 Å². The van der Waals surface area contributed by atoms with Crippen LogP contribution in [0.2, 0.25) is 0 Å². The zero-order valence-electron chi connectivity index (χ0n) is 13.8. The molecule has 0 fully saturated rings. The molecule has 0 aliphatic carbocycles. The van der Waals surface area contributed by atoms with Crippen LogP contribution >= 0.6 is 0 Å². The molecule has 1 amide bonds. The summed E-state index contributed by atoms with van der Waals surface area (Å²) in [5.74, 6) is -0.578. The highest BCUT2D eigenvalue weighted by atomic mass is 32.2. The van der Waals surface area contributed by atoms with Crippen molar-refractivity contribution in [3.63, 3.8) is 0 Å². The normalized spacial score (nSPS) is 11.1. The Labute approximate surface area is 152 Å². The second-order valence-corrected chi connectivity index (χ2v) is 7.49. The van der Waals surface area contributed by atoms with Crippen LogP contribution in [0.15, 0.2) is 57.8 Å². The molecule has 0 saturated heterocycles. The van der Waals surface area contributed by atoms with Gasteiger partial charge in [0.15, 0.2) is 9.84 Å².